The van der Waals surface area contributed by atoms with Gasteiger partial charge >= 0.3 is 5.97 Å². The van der Waals surface area contributed by atoms with Crippen molar-refractivity contribution in [3.63, 3.8) is 0 Å². The summed E-state index contributed by atoms with van der Waals surface area (Å²) in [6.07, 6.45) is 11.2. The molecule has 18 heavy (non-hydrogen) atoms. The Labute approximate surface area is 119 Å². The minimum absolute atomic E-state index is 0.0503. The molecule has 2 fully saturated rings. The van der Waals surface area contributed by atoms with E-state index in [2.05, 4.69) is 0 Å². The standard InChI is InChI=1S/C14H22Cl2O2/c15-13(16)14(17)18-12-9-5-4-8-11(12)10-6-2-1-3-7-10/h10-13H,1-9H2. The molecule has 0 bridgehead atoms. The van der Waals surface area contributed by atoms with Gasteiger partial charge in [0, 0.05) is 0 Å². The molecule has 2 saturated carbocycles. The Bertz CT molecular complexity index is 275. The van der Waals surface area contributed by atoms with Crippen molar-refractivity contribution < 1.29 is 9.53 Å². The maximum Gasteiger partial charge on any atom is 0.339 e. The molecule has 0 aromatic rings. The zero-order chi connectivity index (χ0) is 13.0. The average Bonchev–Trinajstić information content (AvgIpc) is 2.40. The predicted octanol–water partition coefficient (Wildman–Crippen LogP) is 4.47. The first kappa shape index (κ1) is 14.5. The highest BCUT2D eigenvalue weighted by Gasteiger charge is 2.35. The Morgan fingerprint density at radius 2 is 1.56 bits per heavy atom. The van der Waals surface area contributed by atoms with Crippen LogP contribution in [0.15, 0.2) is 0 Å². The van der Waals surface area contributed by atoms with Crippen LogP contribution in [-0.4, -0.2) is 16.9 Å². The predicted molar refractivity (Wildman–Crippen MR) is 73.9 cm³/mol. The molecule has 0 N–H and O–H groups in total. The van der Waals surface area contributed by atoms with Crippen LogP contribution in [-0.2, 0) is 9.53 Å². The second-order valence-corrected chi connectivity index (χ2v) is 6.72. The minimum Gasteiger partial charge on any atom is -0.460 e. The van der Waals surface area contributed by atoms with E-state index in [9.17, 15) is 4.79 Å². The number of alkyl halides is 2. The van der Waals surface area contributed by atoms with E-state index in [-0.39, 0.29) is 6.10 Å². The Morgan fingerprint density at radius 1 is 0.944 bits per heavy atom. The first-order chi connectivity index (χ1) is 8.68. The second kappa shape index (κ2) is 7.00. The van der Waals surface area contributed by atoms with Gasteiger partial charge in [0.1, 0.15) is 6.10 Å². The number of hydrogen-bond acceptors (Lipinski definition) is 2. The maximum atomic E-state index is 11.6. The van der Waals surface area contributed by atoms with E-state index in [1.165, 1.54) is 44.9 Å². The fraction of sp³-hybridized carbons (Fsp3) is 0.929. The van der Waals surface area contributed by atoms with Crippen molar-refractivity contribution in [1.29, 1.82) is 0 Å². The fourth-order valence-corrected chi connectivity index (χ4v) is 3.68. The van der Waals surface area contributed by atoms with Crippen LogP contribution in [0.5, 0.6) is 0 Å². The Morgan fingerprint density at radius 3 is 2.22 bits per heavy atom. The maximum absolute atomic E-state index is 11.6. The van der Waals surface area contributed by atoms with Crippen molar-refractivity contribution in [3.05, 3.63) is 0 Å². The third-order valence-electron chi connectivity index (χ3n) is 4.45. The summed E-state index contributed by atoms with van der Waals surface area (Å²) in [4.78, 5) is 10.5. The van der Waals surface area contributed by atoms with Crippen molar-refractivity contribution in [2.75, 3.05) is 0 Å². The van der Waals surface area contributed by atoms with Gasteiger partial charge in [0.15, 0.2) is 0 Å². The first-order valence-corrected chi connectivity index (χ1v) is 8.04. The van der Waals surface area contributed by atoms with Crippen LogP contribution in [0.1, 0.15) is 57.8 Å². The molecule has 2 atom stereocenters. The number of carbonyl (C=O) groups excluding carboxylic acids is 1. The van der Waals surface area contributed by atoms with E-state index >= 15 is 0 Å². The highest BCUT2D eigenvalue weighted by atomic mass is 35.5. The number of halogens is 2. The Balaban J connectivity index is 1.94. The molecular formula is C14H22Cl2O2. The van der Waals surface area contributed by atoms with Crippen molar-refractivity contribution in [2.24, 2.45) is 11.8 Å². The lowest BCUT2D eigenvalue weighted by Crippen LogP contribution is -2.36. The second-order valence-electron chi connectivity index (χ2n) is 5.62. The Hall–Kier alpha value is 0.0500. The monoisotopic (exact) mass is 292 g/mol. The van der Waals surface area contributed by atoms with Gasteiger partial charge in [0.05, 0.1) is 0 Å². The van der Waals surface area contributed by atoms with Gasteiger partial charge < -0.3 is 4.74 Å². The zero-order valence-electron chi connectivity index (χ0n) is 10.7. The van der Waals surface area contributed by atoms with E-state index < -0.39 is 10.8 Å². The number of esters is 1. The molecule has 0 aromatic carbocycles. The first-order valence-electron chi connectivity index (χ1n) is 7.17. The molecular weight excluding hydrogens is 271 g/mol. The molecule has 0 amide bonds. The van der Waals surface area contributed by atoms with Crippen molar-refractivity contribution in [3.8, 4) is 0 Å². The van der Waals surface area contributed by atoms with Gasteiger partial charge in [-0.3, -0.25) is 0 Å². The van der Waals surface area contributed by atoms with E-state index in [0.717, 1.165) is 18.8 Å². The van der Waals surface area contributed by atoms with E-state index in [1.54, 1.807) is 0 Å². The molecule has 0 aromatic heterocycles. The highest BCUT2D eigenvalue weighted by molar-refractivity contribution is 6.52. The summed E-state index contributed by atoms with van der Waals surface area (Å²) in [6, 6.07) is 0. The molecule has 104 valence electrons. The molecule has 2 aliphatic carbocycles. The third-order valence-corrected chi connectivity index (χ3v) is 4.81. The number of carbonyl (C=O) groups is 1. The lowest BCUT2D eigenvalue weighted by atomic mass is 9.72. The molecule has 2 aliphatic rings. The van der Waals surface area contributed by atoms with Gasteiger partial charge in [-0.05, 0) is 31.1 Å². The zero-order valence-corrected chi connectivity index (χ0v) is 12.3. The average molecular weight is 293 g/mol. The lowest BCUT2D eigenvalue weighted by molar-refractivity contribution is -0.153. The molecule has 2 rings (SSSR count). The molecule has 2 nitrogen and oxygen atoms in total. The smallest absolute Gasteiger partial charge is 0.339 e. The van der Waals surface area contributed by atoms with Gasteiger partial charge in [-0.1, -0.05) is 61.7 Å². The molecule has 0 radical (unpaired) electrons. The molecule has 0 saturated heterocycles. The van der Waals surface area contributed by atoms with E-state index in [1.807, 2.05) is 0 Å². The van der Waals surface area contributed by atoms with Gasteiger partial charge in [0.25, 0.3) is 0 Å². The van der Waals surface area contributed by atoms with Crippen LogP contribution < -0.4 is 0 Å². The van der Waals surface area contributed by atoms with Crippen LogP contribution in [0.3, 0.4) is 0 Å². The fourth-order valence-electron chi connectivity index (χ4n) is 3.57. The molecule has 4 heteroatoms. The largest absolute Gasteiger partial charge is 0.460 e. The summed E-state index contributed by atoms with van der Waals surface area (Å²) in [5.74, 6) is 0.807. The number of hydrogen-bond donors (Lipinski definition) is 0. The summed E-state index contributed by atoms with van der Waals surface area (Å²) in [5, 5.41) is 0. The third kappa shape index (κ3) is 3.77. The molecule has 0 heterocycles. The van der Waals surface area contributed by atoms with Crippen LogP contribution in [0.2, 0.25) is 0 Å². The van der Waals surface area contributed by atoms with E-state index in [4.69, 9.17) is 27.9 Å². The highest BCUT2D eigenvalue weighted by Crippen LogP contribution is 2.39. The van der Waals surface area contributed by atoms with Crippen LogP contribution in [0.25, 0.3) is 0 Å². The molecule has 2 unspecified atom stereocenters. The van der Waals surface area contributed by atoms with Crippen molar-refractivity contribution in [2.45, 2.75) is 68.7 Å². The van der Waals surface area contributed by atoms with E-state index in [0.29, 0.717) is 5.92 Å². The number of ether oxygens (including phenoxy) is 1. The summed E-state index contributed by atoms with van der Waals surface area (Å²) < 4.78 is 5.52. The van der Waals surface area contributed by atoms with Crippen LogP contribution in [0.4, 0.5) is 0 Å². The molecule has 0 spiro atoms. The summed E-state index contributed by atoms with van der Waals surface area (Å²) in [6.45, 7) is 0. The normalized spacial score (nSPS) is 30.4. The Kier molecular flexibility index (Phi) is 5.62. The summed E-state index contributed by atoms with van der Waals surface area (Å²) in [5.41, 5.74) is 0. The molecule has 0 aliphatic heterocycles. The topological polar surface area (TPSA) is 26.3 Å². The summed E-state index contributed by atoms with van der Waals surface area (Å²) >= 11 is 11.1. The quantitative estimate of drug-likeness (QED) is 0.567. The van der Waals surface area contributed by atoms with Gasteiger partial charge in [-0.2, -0.15) is 0 Å². The van der Waals surface area contributed by atoms with Crippen molar-refractivity contribution in [1.82, 2.24) is 0 Å². The lowest BCUT2D eigenvalue weighted by Gasteiger charge is -2.38. The van der Waals surface area contributed by atoms with Crippen molar-refractivity contribution >= 4 is 29.2 Å². The minimum atomic E-state index is -1.04. The van der Waals surface area contributed by atoms with Crippen LogP contribution in [0, 0.1) is 11.8 Å². The number of rotatable bonds is 3. The van der Waals surface area contributed by atoms with Gasteiger partial charge in [-0.15, -0.1) is 0 Å². The SMILES string of the molecule is O=C(OC1CCCCC1C1CCCCC1)C(Cl)Cl. The van der Waals surface area contributed by atoms with Gasteiger partial charge in [0.2, 0.25) is 4.84 Å². The van der Waals surface area contributed by atoms with Crippen LogP contribution >= 0.6 is 23.2 Å². The van der Waals surface area contributed by atoms with Gasteiger partial charge in [-0.25, -0.2) is 4.79 Å². The summed E-state index contributed by atoms with van der Waals surface area (Å²) in [7, 11) is 0.